The number of benzene rings is 1. The molecule has 2 heterocycles. The molecule has 0 saturated heterocycles. The summed E-state index contributed by atoms with van der Waals surface area (Å²) < 4.78 is 0. The standard InChI is InChI=1S/C16H15N5OS/c1-11-5-2-3-6-13(11)20-14(22)9-12-10-23-16(19-12)21-15-17-7-4-8-18-15/h2-8,10H,9H2,1H3,(H,20,22)(H,17,18,19,21). The van der Waals surface area contributed by atoms with Crippen LogP contribution in [0.4, 0.5) is 16.8 Å². The Morgan fingerprint density at radius 3 is 2.74 bits per heavy atom. The second-order valence-electron chi connectivity index (χ2n) is 4.88. The van der Waals surface area contributed by atoms with Gasteiger partial charge in [-0.15, -0.1) is 11.3 Å². The van der Waals surface area contributed by atoms with E-state index in [0.29, 0.717) is 16.8 Å². The highest BCUT2D eigenvalue weighted by molar-refractivity contribution is 7.13. The first kappa shape index (κ1) is 15.1. The van der Waals surface area contributed by atoms with Crippen LogP contribution >= 0.6 is 11.3 Å². The third-order valence-corrected chi connectivity index (χ3v) is 3.90. The quantitative estimate of drug-likeness (QED) is 0.753. The lowest BCUT2D eigenvalue weighted by Crippen LogP contribution is -2.15. The highest BCUT2D eigenvalue weighted by atomic mass is 32.1. The lowest BCUT2D eigenvalue weighted by atomic mass is 10.2. The minimum atomic E-state index is -0.0906. The molecule has 7 heteroatoms. The fourth-order valence-corrected chi connectivity index (χ4v) is 2.68. The molecule has 0 fully saturated rings. The average molecular weight is 325 g/mol. The average Bonchev–Trinajstić information content (AvgIpc) is 2.97. The summed E-state index contributed by atoms with van der Waals surface area (Å²) in [6.45, 7) is 1.96. The van der Waals surface area contributed by atoms with Crippen LogP contribution in [0.15, 0.2) is 48.1 Å². The van der Waals surface area contributed by atoms with E-state index in [0.717, 1.165) is 11.3 Å². The SMILES string of the molecule is Cc1ccccc1NC(=O)Cc1csc(Nc2ncccn2)n1. The number of carbonyl (C=O) groups is 1. The molecule has 3 aromatic rings. The Labute approximate surface area is 137 Å². The Hall–Kier alpha value is -2.80. The number of anilines is 3. The van der Waals surface area contributed by atoms with E-state index in [1.165, 1.54) is 11.3 Å². The molecule has 0 radical (unpaired) electrons. The zero-order valence-electron chi connectivity index (χ0n) is 12.5. The number of rotatable bonds is 5. The summed E-state index contributed by atoms with van der Waals surface area (Å²) in [5.74, 6) is 0.393. The largest absolute Gasteiger partial charge is 0.326 e. The van der Waals surface area contributed by atoms with Crippen molar-refractivity contribution in [2.24, 2.45) is 0 Å². The van der Waals surface area contributed by atoms with Gasteiger partial charge < -0.3 is 10.6 Å². The molecule has 2 N–H and O–H groups in total. The minimum absolute atomic E-state index is 0.0906. The predicted octanol–water partition coefficient (Wildman–Crippen LogP) is 3.17. The molecule has 0 aliphatic heterocycles. The van der Waals surface area contributed by atoms with Crippen LogP contribution in [0.25, 0.3) is 0 Å². The first-order valence-corrected chi connectivity index (χ1v) is 7.92. The van der Waals surface area contributed by atoms with Crippen molar-refractivity contribution in [2.75, 3.05) is 10.6 Å². The van der Waals surface area contributed by atoms with E-state index in [-0.39, 0.29) is 12.3 Å². The summed E-state index contributed by atoms with van der Waals surface area (Å²) in [5, 5.41) is 8.42. The molecule has 0 unspecified atom stereocenters. The summed E-state index contributed by atoms with van der Waals surface area (Å²) in [7, 11) is 0. The molecule has 0 bridgehead atoms. The van der Waals surface area contributed by atoms with Gasteiger partial charge in [-0.2, -0.15) is 0 Å². The van der Waals surface area contributed by atoms with Crippen LogP contribution in [0.2, 0.25) is 0 Å². The molecule has 6 nitrogen and oxygen atoms in total. The number of hydrogen-bond donors (Lipinski definition) is 2. The number of aromatic nitrogens is 3. The van der Waals surface area contributed by atoms with Gasteiger partial charge in [-0.1, -0.05) is 18.2 Å². The van der Waals surface area contributed by atoms with E-state index in [2.05, 4.69) is 25.6 Å². The maximum Gasteiger partial charge on any atom is 0.230 e. The first-order chi connectivity index (χ1) is 11.2. The third-order valence-electron chi connectivity index (χ3n) is 3.10. The normalized spacial score (nSPS) is 10.3. The van der Waals surface area contributed by atoms with E-state index in [1.807, 2.05) is 36.6 Å². The minimum Gasteiger partial charge on any atom is -0.326 e. The van der Waals surface area contributed by atoms with Crippen molar-refractivity contribution < 1.29 is 4.79 Å². The van der Waals surface area contributed by atoms with Crippen LogP contribution in [-0.4, -0.2) is 20.9 Å². The van der Waals surface area contributed by atoms with Crippen molar-refractivity contribution in [1.82, 2.24) is 15.0 Å². The molecule has 3 rings (SSSR count). The smallest absolute Gasteiger partial charge is 0.230 e. The van der Waals surface area contributed by atoms with Crippen LogP contribution in [0.3, 0.4) is 0 Å². The molecule has 0 aliphatic carbocycles. The van der Waals surface area contributed by atoms with Crippen LogP contribution in [0.5, 0.6) is 0 Å². The lowest BCUT2D eigenvalue weighted by molar-refractivity contribution is -0.115. The summed E-state index contributed by atoms with van der Waals surface area (Å²) in [4.78, 5) is 24.6. The molecule has 23 heavy (non-hydrogen) atoms. The summed E-state index contributed by atoms with van der Waals surface area (Å²) in [6.07, 6.45) is 3.53. The fourth-order valence-electron chi connectivity index (χ4n) is 1.98. The Kier molecular flexibility index (Phi) is 4.58. The summed E-state index contributed by atoms with van der Waals surface area (Å²) in [6, 6.07) is 9.42. The first-order valence-electron chi connectivity index (χ1n) is 7.04. The Morgan fingerprint density at radius 2 is 1.96 bits per heavy atom. The van der Waals surface area contributed by atoms with Crippen molar-refractivity contribution in [1.29, 1.82) is 0 Å². The van der Waals surface area contributed by atoms with Gasteiger partial charge in [-0.3, -0.25) is 4.79 Å². The number of nitrogens with zero attached hydrogens (tertiary/aromatic N) is 3. The molecule has 1 aromatic carbocycles. The van der Waals surface area contributed by atoms with Crippen LogP contribution < -0.4 is 10.6 Å². The van der Waals surface area contributed by atoms with Gasteiger partial charge in [0.15, 0.2) is 5.13 Å². The van der Waals surface area contributed by atoms with Crippen molar-refractivity contribution in [3.8, 4) is 0 Å². The number of nitrogens with one attached hydrogen (secondary N) is 2. The van der Waals surface area contributed by atoms with Crippen molar-refractivity contribution in [2.45, 2.75) is 13.3 Å². The Balaban J connectivity index is 1.60. The lowest BCUT2D eigenvalue weighted by Gasteiger charge is -2.06. The van der Waals surface area contributed by atoms with Crippen LogP contribution in [-0.2, 0) is 11.2 Å². The maximum absolute atomic E-state index is 12.1. The molecule has 2 aromatic heterocycles. The van der Waals surface area contributed by atoms with Gasteiger partial charge in [-0.05, 0) is 24.6 Å². The van der Waals surface area contributed by atoms with Crippen LogP contribution in [0, 0.1) is 6.92 Å². The molecule has 116 valence electrons. The molecule has 0 atom stereocenters. The van der Waals surface area contributed by atoms with Gasteiger partial charge in [0, 0.05) is 23.5 Å². The summed E-state index contributed by atoms with van der Waals surface area (Å²) in [5.41, 5.74) is 2.56. The van der Waals surface area contributed by atoms with E-state index in [1.54, 1.807) is 18.5 Å². The molecular weight excluding hydrogens is 310 g/mol. The molecule has 0 aliphatic rings. The Morgan fingerprint density at radius 1 is 1.17 bits per heavy atom. The molecule has 1 amide bonds. The van der Waals surface area contributed by atoms with Gasteiger partial charge in [0.25, 0.3) is 0 Å². The second-order valence-corrected chi connectivity index (χ2v) is 5.74. The zero-order chi connectivity index (χ0) is 16.1. The molecule has 0 spiro atoms. The maximum atomic E-state index is 12.1. The number of para-hydroxylation sites is 1. The zero-order valence-corrected chi connectivity index (χ0v) is 13.3. The number of carbonyl (C=O) groups excluding carboxylic acids is 1. The molecule has 0 saturated carbocycles. The predicted molar refractivity (Wildman–Crippen MR) is 90.9 cm³/mol. The highest BCUT2D eigenvalue weighted by Gasteiger charge is 2.09. The second kappa shape index (κ2) is 6.97. The van der Waals surface area contributed by atoms with Crippen molar-refractivity contribution in [3.05, 3.63) is 59.4 Å². The van der Waals surface area contributed by atoms with Gasteiger partial charge in [-0.25, -0.2) is 15.0 Å². The number of amides is 1. The van der Waals surface area contributed by atoms with Crippen LogP contribution in [0.1, 0.15) is 11.3 Å². The summed E-state index contributed by atoms with van der Waals surface area (Å²) >= 11 is 1.41. The highest BCUT2D eigenvalue weighted by Crippen LogP contribution is 2.19. The van der Waals surface area contributed by atoms with Gasteiger partial charge in [0.05, 0.1) is 12.1 Å². The van der Waals surface area contributed by atoms with E-state index in [9.17, 15) is 4.79 Å². The van der Waals surface area contributed by atoms with Gasteiger partial charge in [0.1, 0.15) is 0 Å². The van der Waals surface area contributed by atoms with E-state index < -0.39 is 0 Å². The van der Waals surface area contributed by atoms with E-state index in [4.69, 9.17) is 0 Å². The van der Waals surface area contributed by atoms with Gasteiger partial charge in [0.2, 0.25) is 11.9 Å². The monoisotopic (exact) mass is 325 g/mol. The number of hydrogen-bond acceptors (Lipinski definition) is 6. The topological polar surface area (TPSA) is 79.8 Å². The van der Waals surface area contributed by atoms with Crippen molar-refractivity contribution in [3.63, 3.8) is 0 Å². The van der Waals surface area contributed by atoms with Crippen molar-refractivity contribution >= 4 is 34.0 Å². The van der Waals surface area contributed by atoms with Gasteiger partial charge >= 0.3 is 0 Å². The van der Waals surface area contributed by atoms with E-state index >= 15 is 0 Å². The fraction of sp³-hybridized carbons (Fsp3) is 0.125. The number of aryl methyl sites for hydroxylation is 1. The Bertz CT molecular complexity index is 803. The number of thiazole rings is 1. The third kappa shape index (κ3) is 4.10. The molecular formula is C16H15N5OS.